The maximum Gasteiger partial charge on any atom is 0.223 e. The summed E-state index contributed by atoms with van der Waals surface area (Å²) in [7, 11) is 1.69. The van der Waals surface area contributed by atoms with E-state index in [2.05, 4.69) is 16.3 Å². The van der Waals surface area contributed by atoms with Crippen LogP contribution in [-0.4, -0.2) is 37.6 Å². The maximum atomic E-state index is 12.8. The van der Waals surface area contributed by atoms with Gasteiger partial charge in [0.15, 0.2) is 0 Å². The molecule has 1 saturated carbocycles. The minimum absolute atomic E-state index is 0.0822. The van der Waals surface area contributed by atoms with Crippen LogP contribution in [-0.2, 0) is 4.79 Å². The average Bonchev–Trinajstić information content (AvgIpc) is 3.07. The number of nitrogens with one attached hydrogen (secondary N) is 1. The third-order valence-corrected chi connectivity index (χ3v) is 5.00. The van der Waals surface area contributed by atoms with Crippen LogP contribution in [0.4, 0.5) is 0 Å². The second-order valence-corrected chi connectivity index (χ2v) is 6.40. The molecular weight excluding hydrogens is 276 g/mol. The number of hydrogen-bond donors (Lipinski definition) is 1. The summed E-state index contributed by atoms with van der Waals surface area (Å²) >= 11 is 0. The molecule has 1 unspecified atom stereocenters. The van der Waals surface area contributed by atoms with Gasteiger partial charge in [0.25, 0.3) is 0 Å². The summed E-state index contributed by atoms with van der Waals surface area (Å²) in [4.78, 5) is 14.9. The zero-order valence-electron chi connectivity index (χ0n) is 13.4. The molecule has 1 aromatic rings. The van der Waals surface area contributed by atoms with Gasteiger partial charge in [-0.3, -0.25) is 4.79 Å². The average molecular weight is 302 g/mol. The van der Waals surface area contributed by atoms with Crippen LogP contribution in [0.15, 0.2) is 24.3 Å². The first-order valence-electron chi connectivity index (χ1n) is 8.42. The van der Waals surface area contributed by atoms with Gasteiger partial charge in [-0.2, -0.15) is 0 Å². The Morgan fingerprint density at radius 1 is 1.32 bits per heavy atom. The number of rotatable bonds is 4. The number of carbonyl (C=O) groups is 1. The van der Waals surface area contributed by atoms with Gasteiger partial charge in [-0.15, -0.1) is 0 Å². The fourth-order valence-electron chi connectivity index (χ4n) is 3.80. The van der Waals surface area contributed by atoms with E-state index in [1.807, 2.05) is 18.2 Å². The number of hydrogen-bond acceptors (Lipinski definition) is 3. The Morgan fingerprint density at radius 3 is 2.86 bits per heavy atom. The number of benzene rings is 1. The lowest BCUT2D eigenvalue weighted by atomic mass is 9.98. The molecule has 1 aliphatic carbocycles. The van der Waals surface area contributed by atoms with Crippen molar-refractivity contribution in [2.24, 2.45) is 5.92 Å². The third-order valence-electron chi connectivity index (χ3n) is 5.00. The number of amides is 1. The van der Waals surface area contributed by atoms with E-state index in [4.69, 9.17) is 4.74 Å². The summed E-state index contributed by atoms with van der Waals surface area (Å²) in [5.74, 6) is 1.78. The van der Waals surface area contributed by atoms with Crippen LogP contribution in [0.3, 0.4) is 0 Å². The number of para-hydroxylation sites is 1. The fraction of sp³-hybridized carbons (Fsp3) is 0.611. The number of methoxy groups -OCH3 is 1. The number of ether oxygens (including phenoxy) is 1. The largest absolute Gasteiger partial charge is 0.496 e. The molecule has 0 bridgehead atoms. The van der Waals surface area contributed by atoms with Crippen molar-refractivity contribution in [2.75, 3.05) is 26.7 Å². The quantitative estimate of drug-likeness (QED) is 0.930. The Balaban J connectivity index is 1.76. The van der Waals surface area contributed by atoms with Gasteiger partial charge in [-0.1, -0.05) is 31.0 Å². The predicted molar refractivity (Wildman–Crippen MR) is 86.9 cm³/mol. The van der Waals surface area contributed by atoms with Gasteiger partial charge in [0.2, 0.25) is 5.91 Å². The number of carbonyl (C=O) groups excluding carboxylic acids is 1. The molecule has 0 radical (unpaired) electrons. The van der Waals surface area contributed by atoms with Gasteiger partial charge in [0.1, 0.15) is 5.75 Å². The molecule has 1 saturated heterocycles. The van der Waals surface area contributed by atoms with Crippen LogP contribution in [0, 0.1) is 5.92 Å². The van der Waals surface area contributed by atoms with Crippen LogP contribution in [0.25, 0.3) is 0 Å². The lowest BCUT2D eigenvalue weighted by Crippen LogP contribution is -2.49. The minimum atomic E-state index is 0.0822. The number of piperazine rings is 1. The van der Waals surface area contributed by atoms with Crippen molar-refractivity contribution in [1.82, 2.24) is 10.2 Å². The maximum absolute atomic E-state index is 12.8. The topological polar surface area (TPSA) is 41.6 Å². The molecule has 2 fully saturated rings. The van der Waals surface area contributed by atoms with Gasteiger partial charge < -0.3 is 15.0 Å². The molecule has 4 nitrogen and oxygen atoms in total. The molecule has 1 aliphatic heterocycles. The van der Waals surface area contributed by atoms with Crippen molar-refractivity contribution in [3.8, 4) is 5.75 Å². The molecular formula is C18H26N2O2. The summed E-state index contributed by atoms with van der Waals surface area (Å²) < 4.78 is 5.49. The first-order chi connectivity index (χ1) is 10.8. The molecule has 3 rings (SSSR count). The Morgan fingerprint density at radius 2 is 2.09 bits per heavy atom. The van der Waals surface area contributed by atoms with Gasteiger partial charge in [0, 0.05) is 31.6 Å². The molecule has 22 heavy (non-hydrogen) atoms. The molecule has 1 amide bonds. The fourth-order valence-corrected chi connectivity index (χ4v) is 3.80. The standard InChI is InChI=1S/C18H26N2O2/c1-22-17-9-5-4-8-15(17)16-13-19-10-11-20(16)18(21)12-14-6-2-3-7-14/h4-5,8-9,14,16,19H,2-3,6-7,10-13H2,1H3. The molecule has 1 atom stereocenters. The molecule has 120 valence electrons. The summed E-state index contributed by atoms with van der Waals surface area (Å²) in [5.41, 5.74) is 1.11. The highest BCUT2D eigenvalue weighted by atomic mass is 16.5. The van der Waals surface area contributed by atoms with Crippen molar-refractivity contribution in [2.45, 2.75) is 38.1 Å². The molecule has 0 spiro atoms. The van der Waals surface area contributed by atoms with Crippen molar-refractivity contribution in [1.29, 1.82) is 0 Å². The van der Waals surface area contributed by atoms with Crippen molar-refractivity contribution >= 4 is 5.91 Å². The van der Waals surface area contributed by atoms with E-state index < -0.39 is 0 Å². The van der Waals surface area contributed by atoms with Gasteiger partial charge in [0.05, 0.1) is 13.2 Å². The first-order valence-corrected chi connectivity index (χ1v) is 8.42. The van der Waals surface area contributed by atoms with Gasteiger partial charge in [-0.05, 0) is 24.8 Å². The van der Waals surface area contributed by atoms with Gasteiger partial charge in [-0.25, -0.2) is 0 Å². The van der Waals surface area contributed by atoms with Crippen molar-refractivity contribution < 1.29 is 9.53 Å². The zero-order valence-corrected chi connectivity index (χ0v) is 13.4. The van der Waals surface area contributed by atoms with Crippen molar-refractivity contribution in [3.05, 3.63) is 29.8 Å². The van der Waals surface area contributed by atoms with Gasteiger partial charge >= 0.3 is 0 Å². The lowest BCUT2D eigenvalue weighted by Gasteiger charge is -2.37. The molecule has 1 heterocycles. The Kier molecular flexibility index (Phi) is 4.98. The summed E-state index contributed by atoms with van der Waals surface area (Å²) in [6, 6.07) is 8.13. The highest BCUT2D eigenvalue weighted by Crippen LogP contribution is 2.33. The first kappa shape index (κ1) is 15.3. The van der Waals surface area contributed by atoms with E-state index in [9.17, 15) is 4.79 Å². The van der Waals surface area contributed by atoms with Crippen LogP contribution < -0.4 is 10.1 Å². The van der Waals surface area contributed by atoms with Crippen LogP contribution in [0.1, 0.15) is 43.7 Å². The Bertz CT molecular complexity index is 512. The zero-order chi connectivity index (χ0) is 15.4. The van der Waals surface area contributed by atoms with Crippen LogP contribution in [0.2, 0.25) is 0 Å². The summed E-state index contributed by atoms with van der Waals surface area (Å²) in [6.07, 6.45) is 5.73. The Hall–Kier alpha value is -1.55. The van der Waals surface area contributed by atoms with Crippen molar-refractivity contribution in [3.63, 3.8) is 0 Å². The lowest BCUT2D eigenvalue weighted by molar-refractivity contribution is -0.135. The smallest absolute Gasteiger partial charge is 0.223 e. The van der Waals surface area contributed by atoms with E-state index in [-0.39, 0.29) is 6.04 Å². The monoisotopic (exact) mass is 302 g/mol. The van der Waals surface area contributed by atoms with E-state index in [0.29, 0.717) is 18.2 Å². The highest BCUT2D eigenvalue weighted by molar-refractivity contribution is 5.77. The summed E-state index contributed by atoms with van der Waals surface area (Å²) in [5, 5.41) is 3.41. The third kappa shape index (κ3) is 3.27. The second-order valence-electron chi connectivity index (χ2n) is 6.40. The van der Waals surface area contributed by atoms with Crippen LogP contribution >= 0.6 is 0 Å². The van der Waals surface area contributed by atoms with E-state index in [1.165, 1.54) is 25.7 Å². The molecule has 1 N–H and O–H groups in total. The molecule has 2 aliphatic rings. The highest BCUT2D eigenvalue weighted by Gasteiger charge is 2.31. The molecule has 0 aromatic heterocycles. The molecule has 4 heteroatoms. The Labute approximate surface area is 132 Å². The second kappa shape index (κ2) is 7.14. The van der Waals surface area contributed by atoms with E-state index >= 15 is 0 Å². The normalized spacial score (nSPS) is 22.8. The minimum Gasteiger partial charge on any atom is -0.496 e. The summed E-state index contributed by atoms with van der Waals surface area (Å²) in [6.45, 7) is 2.47. The SMILES string of the molecule is COc1ccccc1C1CNCCN1C(=O)CC1CCCC1. The van der Waals surface area contributed by atoms with E-state index in [1.54, 1.807) is 7.11 Å². The predicted octanol–water partition coefficient (Wildman–Crippen LogP) is 2.75. The molecule has 1 aromatic carbocycles. The van der Waals surface area contributed by atoms with E-state index in [0.717, 1.165) is 30.9 Å². The number of nitrogens with zero attached hydrogens (tertiary/aromatic N) is 1. The van der Waals surface area contributed by atoms with Crippen LogP contribution in [0.5, 0.6) is 5.75 Å².